The largest absolute Gasteiger partial charge is 0.481 e. The van der Waals surface area contributed by atoms with Gasteiger partial charge in [0.15, 0.2) is 0 Å². The summed E-state index contributed by atoms with van der Waals surface area (Å²) in [6.07, 6.45) is 3.17. The maximum Gasteiger partial charge on any atom is 0.308 e. The molecule has 1 unspecified atom stereocenters. The lowest BCUT2D eigenvalue weighted by Crippen LogP contribution is -2.40. The molecule has 2 saturated heterocycles. The molecule has 0 radical (unpaired) electrons. The van der Waals surface area contributed by atoms with Crippen molar-refractivity contribution < 1.29 is 14.6 Å². The fourth-order valence-electron chi connectivity index (χ4n) is 3.75. The number of aromatic nitrogens is 2. The van der Waals surface area contributed by atoms with Gasteiger partial charge >= 0.3 is 5.97 Å². The molecule has 0 aliphatic carbocycles. The molecule has 0 amide bonds. The molecular weight excluding hydrogens is 320 g/mol. The second-order valence-corrected chi connectivity index (χ2v) is 6.59. The number of morpholine rings is 1. The molecule has 1 N–H and O–H groups in total. The Kier molecular flexibility index (Phi) is 4.40. The first-order chi connectivity index (χ1) is 12.2. The number of carboxylic acid groups (broad SMARTS) is 1. The van der Waals surface area contributed by atoms with Gasteiger partial charge in [-0.1, -0.05) is 6.07 Å². The van der Waals surface area contributed by atoms with Crippen molar-refractivity contribution in [2.75, 3.05) is 49.2 Å². The average molecular weight is 342 g/mol. The summed E-state index contributed by atoms with van der Waals surface area (Å²) in [6.45, 7) is 4.43. The number of carbonyl (C=O) groups is 1. The Morgan fingerprint density at radius 2 is 2.00 bits per heavy atom. The molecule has 0 saturated carbocycles. The Morgan fingerprint density at radius 1 is 1.16 bits per heavy atom. The highest BCUT2D eigenvalue weighted by Gasteiger charge is 2.28. The predicted octanol–water partition coefficient (Wildman–Crippen LogP) is 1.77. The first-order valence-corrected chi connectivity index (χ1v) is 8.78. The SMILES string of the molecule is O=C(O)C1CCCN(c2ncnc3cccc(N4CCOCC4)c23)C1. The van der Waals surface area contributed by atoms with Gasteiger partial charge in [-0.3, -0.25) is 4.79 Å². The van der Waals surface area contributed by atoms with E-state index >= 15 is 0 Å². The first kappa shape index (κ1) is 16.1. The topological polar surface area (TPSA) is 78.8 Å². The van der Waals surface area contributed by atoms with Crippen LogP contribution in [-0.2, 0) is 9.53 Å². The molecule has 3 heterocycles. The van der Waals surface area contributed by atoms with E-state index in [0.29, 0.717) is 19.8 Å². The van der Waals surface area contributed by atoms with Gasteiger partial charge in [0.1, 0.15) is 12.1 Å². The van der Waals surface area contributed by atoms with Gasteiger partial charge in [0.25, 0.3) is 0 Å². The molecule has 0 bridgehead atoms. The molecule has 2 aliphatic rings. The highest BCUT2D eigenvalue weighted by Crippen LogP contribution is 2.34. The number of nitrogens with zero attached hydrogens (tertiary/aromatic N) is 4. The molecule has 2 fully saturated rings. The van der Waals surface area contributed by atoms with E-state index in [2.05, 4.69) is 25.8 Å². The number of fused-ring (bicyclic) bond motifs is 1. The number of aliphatic carboxylic acids is 1. The average Bonchev–Trinajstić information content (AvgIpc) is 2.68. The zero-order valence-electron chi connectivity index (χ0n) is 14.1. The molecule has 2 aliphatic heterocycles. The molecule has 132 valence electrons. The number of benzene rings is 1. The van der Waals surface area contributed by atoms with Gasteiger partial charge < -0.3 is 19.6 Å². The van der Waals surface area contributed by atoms with Gasteiger partial charge in [-0.25, -0.2) is 9.97 Å². The summed E-state index contributed by atoms with van der Waals surface area (Å²) < 4.78 is 5.47. The van der Waals surface area contributed by atoms with Crippen LogP contribution in [-0.4, -0.2) is 60.4 Å². The fourth-order valence-corrected chi connectivity index (χ4v) is 3.75. The number of anilines is 2. The zero-order valence-corrected chi connectivity index (χ0v) is 14.1. The number of hydrogen-bond acceptors (Lipinski definition) is 6. The van der Waals surface area contributed by atoms with E-state index in [9.17, 15) is 9.90 Å². The van der Waals surface area contributed by atoms with Crippen molar-refractivity contribution in [2.45, 2.75) is 12.8 Å². The summed E-state index contributed by atoms with van der Waals surface area (Å²) in [6, 6.07) is 6.10. The maximum atomic E-state index is 11.4. The molecule has 7 heteroatoms. The molecule has 1 aromatic carbocycles. The normalized spacial score (nSPS) is 21.5. The van der Waals surface area contributed by atoms with Gasteiger partial charge in [-0.2, -0.15) is 0 Å². The van der Waals surface area contributed by atoms with Crippen molar-refractivity contribution in [3.8, 4) is 0 Å². The summed E-state index contributed by atoms with van der Waals surface area (Å²) in [5, 5.41) is 10.4. The standard InChI is InChI=1S/C18H22N4O3/c23-18(24)13-3-2-6-22(11-13)17-16-14(19-12-20-17)4-1-5-15(16)21-7-9-25-10-8-21/h1,4-5,12-13H,2-3,6-11H2,(H,23,24). The lowest BCUT2D eigenvalue weighted by molar-refractivity contribution is -0.141. The Balaban J connectivity index is 1.77. The molecule has 2 aromatic rings. The van der Waals surface area contributed by atoms with Crippen molar-refractivity contribution in [2.24, 2.45) is 5.92 Å². The number of hydrogen-bond donors (Lipinski definition) is 1. The van der Waals surface area contributed by atoms with Gasteiger partial charge in [0, 0.05) is 26.2 Å². The van der Waals surface area contributed by atoms with Crippen LogP contribution < -0.4 is 9.80 Å². The van der Waals surface area contributed by atoms with Crippen molar-refractivity contribution in [1.29, 1.82) is 0 Å². The third-order valence-corrected chi connectivity index (χ3v) is 5.04. The number of rotatable bonds is 3. The van der Waals surface area contributed by atoms with Crippen LogP contribution in [0, 0.1) is 5.92 Å². The quantitative estimate of drug-likeness (QED) is 0.910. The molecule has 1 aromatic heterocycles. The van der Waals surface area contributed by atoms with E-state index in [-0.39, 0.29) is 5.92 Å². The minimum Gasteiger partial charge on any atom is -0.481 e. The van der Waals surface area contributed by atoms with Crippen LogP contribution in [0.2, 0.25) is 0 Å². The van der Waals surface area contributed by atoms with Crippen LogP contribution in [0.3, 0.4) is 0 Å². The van der Waals surface area contributed by atoms with Crippen LogP contribution in [0.1, 0.15) is 12.8 Å². The lowest BCUT2D eigenvalue weighted by Gasteiger charge is -2.34. The zero-order chi connectivity index (χ0) is 17.2. The molecule has 25 heavy (non-hydrogen) atoms. The van der Waals surface area contributed by atoms with Crippen molar-refractivity contribution in [3.63, 3.8) is 0 Å². The molecular formula is C18H22N4O3. The van der Waals surface area contributed by atoms with Crippen LogP contribution in [0.4, 0.5) is 11.5 Å². The van der Waals surface area contributed by atoms with E-state index in [1.54, 1.807) is 6.33 Å². The first-order valence-electron chi connectivity index (χ1n) is 8.78. The third kappa shape index (κ3) is 3.11. The van der Waals surface area contributed by atoms with Crippen molar-refractivity contribution >= 4 is 28.4 Å². The molecule has 0 spiro atoms. The summed E-state index contributed by atoms with van der Waals surface area (Å²) in [5.74, 6) is -0.219. The van der Waals surface area contributed by atoms with Gasteiger partial charge in [-0.05, 0) is 25.0 Å². The highest BCUT2D eigenvalue weighted by molar-refractivity contribution is 6.00. The summed E-state index contributed by atoms with van der Waals surface area (Å²) in [5.41, 5.74) is 2.00. The van der Waals surface area contributed by atoms with E-state index in [1.165, 1.54) is 0 Å². The lowest BCUT2D eigenvalue weighted by atomic mass is 9.98. The van der Waals surface area contributed by atoms with E-state index in [0.717, 1.165) is 54.9 Å². The van der Waals surface area contributed by atoms with Crippen LogP contribution >= 0.6 is 0 Å². The summed E-state index contributed by atoms with van der Waals surface area (Å²) in [7, 11) is 0. The van der Waals surface area contributed by atoms with Crippen LogP contribution in [0.5, 0.6) is 0 Å². The number of carboxylic acids is 1. The Labute approximate surface area is 146 Å². The fraction of sp³-hybridized carbons (Fsp3) is 0.500. The van der Waals surface area contributed by atoms with Crippen molar-refractivity contribution in [1.82, 2.24) is 9.97 Å². The monoisotopic (exact) mass is 342 g/mol. The molecule has 4 rings (SSSR count). The Morgan fingerprint density at radius 3 is 2.80 bits per heavy atom. The Bertz CT molecular complexity index is 771. The van der Waals surface area contributed by atoms with E-state index in [4.69, 9.17) is 4.74 Å². The van der Waals surface area contributed by atoms with Gasteiger partial charge in [0.2, 0.25) is 0 Å². The minimum atomic E-state index is -0.725. The predicted molar refractivity (Wildman–Crippen MR) is 95.1 cm³/mol. The van der Waals surface area contributed by atoms with E-state index in [1.807, 2.05) is 12.1 Å². The second-order valence-electron chi connectivity index (χ2n) is 6.59. The van der Waals surface area contributed by atoms with Gasteiger partial charge in [-0.15, -0.1) is 0 Å². The second kappa shape index (κ2) is 6.84. The molecule has 1 atom stereocenters. The van der Waals surface area contributed by atoms with Gasteiger partial charge in [0.05, 0.1) is 35.7 Å². The summed E-state index contributed by atoms with van der Waals surface area (Å²) >= 11 is 0. The third-order valence-electron chi connectivity index (χ3n) is 5.04. The smallest absolute Gasteiger partial charge is 0.308 e. The van der Waals surface area contributed by atoms with E-state index < -0.39 is 5.97 Å². The Hall–Kier alpha value is -2.41. The van der Waals surface area contributed by atoms with Crippen LogP contribution in [0.15, 0.2) is 24.5 Å². The highest BCUT2D eigenvalue weighted by atomic mass is 16.5. The molecule has 7 nitrogen and oxygen atoms in total. The van der Waals surface area contributed by atoms with Crippen molar-refractivity contribution in [3.05, 3.63) is 24.5 Å². The number of piperidine rings is 1. The minimum absolute atomic E-state index is 0.339. The number of ether oxygens (including phenoxy) is 1. The maximum absolute atomic E-state index is 11.4. The van der Waals surface area contributed by atoms with Crippen LogP contribution in [0.25, 0.3) is 10.9 Å². The summed E-state index contributed by atoms with van der Waals surface area (Å²) in [4.78, 5) is 24.8.